The van der Waals surface area contributed by atoms with E-state index in [4.69, 9.17) is 0 Å². The van der Waals surface area contributed by atoms with Crippen LogP contribution in [-0.4, -0.2) is 25.0 Å². The summed E-state index contributed by atoms with van der Waals surface area (Å²) in [7, 11) is 3.30. The monoisotopic (exact) mass is 226 g/mol. The van der Waals surface area contributed by atoms with Crippen molar-refractivity contribution in [1.82, 2.24) is 10.2 Å². The molecular formula is C12H19FN2O. The average Bonchev–Trinajstić information content (AvgIpc) is 2.46. The van der Waals surface area contributed by atoms with E-state index in [1.54, 1.807) is 26.2 Å². The zero-order chi connectivity index (χ0) is 12.6. The van der Waals surface area contributed by atoms with Crippen LogP contribution in [0.25, 0.3) is 0 Å². The normalized spacial score (nSPS) is 13.8. The molecule has 0 atom stereocenters. The molecule has 0 saturated carbocycles. The minimum Gasteiger partial charge on any atom is -0.331 e. The smallest absolute Gasteiger partial charge is 0.321 e. The van der Waals surface area contributed by atoms with Gasteiger partial charge in [0.1, 0.15) is 5.83 Å². The Morgan fingerprint density at radius 1 is 1.31 bits per heavy atom. The van der Waals surface area contributed by atoms with Crippen LogP contribution in [0.15, 0.2) is 35.8 Å². The Hall–Kier alpha value is -1.58. The number of urea groups is 1. The lowest BCUT2D eigenvalue weighted by Crippen LogP contribution is -2.33. The van der Waals surface area contributed by atoms with Crippen molar-refractivity contribution in [2.75, 3.05) is 14.1 Å². The maximum Gasteiger partial charge on any atom is 0.321 e. The molecular weight excluding hydrogens is 207 g/mol. The average molecular weight is 226 g/mol. The van der Waals surface area contributed by atoms with Crippen molar-refractivity contribution in [2.45, 2.75) is 20.3 Å². The highest BCUT2D eigenvalue weighted by molar-refractivity contribution is 5.76. The van der Waals surface area contributed by atoms with Gasteiger partial charge in [-0.25, -0.2) is 9.18 Å². The number of nitrogens with one attached hydrogen (secondary N) is 1. The van der Waals surface area contributed by atoms with Crippen LogP contribution in [0.3, 0.4) is 0 Å². The van der Waals surface area contributed by atoms with Gasteiger partial charge in [0.15, 0.2) is 0 Å². The van der Waals surface area contributed by atoms with Crippen LogP contribution in [0.1, 0.15) is 20.3 Å². The summed E-state index contributed by atoms with van der Waals surface area (Å²) in [6.45, 7) is 4.00. The van der Waals surface area contributed by atoms with Crippen LogP contribution < -0.4 is 5.32 Å². The Balaban J connectivity index is 0.00000106. The van der Waals surface area contributed by atoms with Gasteiger partial charge < -0.3 is 10.2 Å². The van der Waals surface area contributed by atoms with E-state index < -0.39 is 0 Å². The number of rotatable bonds is 1. The van der Waals surface area contributed by atoms with Gasteiger partial charge in [-0.05, 0) is 24.6 Å². The SMILES string of the molecule is CC.CN(C)C(=O)NC1=CCC=C(F)C=C1. The maximum absolute atomic E-state index is 12.7. The third-order valence-corrected chi connectivity index (χ3v) is 1.73. The minimum absolute atomic E-state index is 0.219. The molecule has 0 aromatic rings. The fourth-order valence-electron chi connectivity index (χ4n) is 0.932. The van der Waals surface area contributed by atoms with Gasteiger partial charge in [0.2, 0.25) is 0 Å². The molecule has 0 fully saturated rings. The van der Waals surface area contributed by atoms with Crippen LogP contribution in [-0.2, 0) is 0 Å². The zero-order valence-corrected chi connectivity index (χ0v) is 10.2. The second-order valence-corrected chi connectivity index (χ2v) is 3.14. The Bertz CT molecular complexity index is 317. The highest BCUT2D eigenvalue weighted by atomic mass is 19.1. The lowest BCUT2D eigenvalue weighted by atomic mass is 10.3. The minimum atomic E-state index is -0.282. The summed E-state index contributed by atoms with van der Waals surface area (Å²) < 4.78 is 12.7. The maximum atomic E-state index is 12.7. The molecule has 0 heterocycles. The number of hydrogen-bond acceptors (Lipinski definition) is 1. The zero-order valence-electron chi connectivity index (χ0n) is 10.2. The first kappa shape index (κ1) is 14.4. The van der Waals surface area contributed by atoms with E-state index in [2.05, 4.69) is 5.32 Å². The molecule has 1 aliphatic rings. The van der Waals surface area contributed by atoms with Crippen LogP contribution >= 0.6 is 0 Å². The van der Waals surface area contributed by atoms with Crippen LogP contribution in [0, 0.1) is 0 Å². The van der Waals surface area contributed by atoms with E-state index in [0.717, 1.165) is 0 Å². The first-order valence-corrected chi connectivity index (χ1v) is 5.32. The Kier molecular flexibility index (Phi) is 6.92. The fourth-order valence-corrected chi connectivity index (χ4v) is 0.932. The van der Waals surface area contributed by atoms with Crippen molar-refractivity contribution < 1.29 is 9.18 Å². The van der Waals surface area contributed by atoms with Crippen molar-refractivity contribution in [1.29, 1.82) is 0 Å². The summed E-state index contributed by atoms with van der Waals surface area (Å²) >= 11 is 0. The molecule has 16 heavy (non-hydrogen) atoms. The molecule has 1 N–H and O–H groups in total. The molecule has 0 unspecified atom stereocenters. The topological polar surface area (TPSA) is 32.3 Å². The van der Waals surface area contributed by atoms with Gasteiger partial charge in [-0.15, -0.1) is 0 Å². The van der Waals surface area contributed by atoms with Crippen molar-refractivity contribution in [3.63, 3.8) is 0 Å². The largest absolute Gasteiger partial charge is 0.331 e. The standard InChI is InChI=1S/C10H13FN2O.C2H6/c1-13(2)10(14)12-9-5-3-4-8(11)6-7-9;1-2/h4-7H,3H2,1-2H3,(H,12,14);1-2H3. The predicted molar refractivity (Wildman–Crippen MR) is 64.6 cm³/mol. The van der Waals surface area contributed by atoms with E-state index >= 15 is 0 Å². The molecule has 1 rings (SSSR count). The highest BCUT2D eigenvalue weighted by Gasteiger charge is 2.04. The predicted octanol–water partition coefficient (Wildman–Crippen LogP) is 2.98. The van der Waals surface area contributed by atoms with Gasteiger partial charge in [0.05, 0.1) is 0 Å². The van der Waals surface area contributed by atoms with Gasteiger partial charge in [-0.3, -0.25) is 0 Å². The Morgan fingerprint density at radius 3 is 2.50 bits per heavy atom. The number of carbonyl (C=O) groups is 1. The fraction of sp³-hybridized carbons (Fsp3) is 0.417. The molecule has 90 valence electrons. The van der Waals surface area contributed by atoms with Crippen LogP contribution in [0.2, 0.25) is 0 Å². The number of nitrogens with zero attached hydrogens (tertiary/aromatic N) is 1. The molecule has 0 aliphatic heterocycles. The number of halogens is 1. The molecule has 0 saturated heterocycles. The van der Waals surface area contributed by atoms with Gasteiger partial charge >= 0.3 is 6.03 Å². The molecule has 4 heteroatoms. The molecule has 0 radical (unpaired) electrons. The lowest BCUT2D eigenvalue weighted by molar-refractivity contribution is 0.220. The van der Waals surface area contributed by atoms with E-state index in [-0.39, 0.29) is 11.9 Å². The van der Waals surface area contributed by atoms with Crippen molar-refractivity contribution in [3.05, 3.63) is 35.8 Å². The molecule has 0 spiro atoms. The van der Waals surface area contributed by atoms with E-state index in [1.165, 1.54) is 17.1 Å². The second-order valence-electron chi connectivity index (χ2n) is 3.14. The van der Waals surface area contributed by atoms with E-state index in [0.29, 0.717) is 12.1 Å². The van der Waals surface area contributed by atoms with Crippen LogP contribution in [0.4, 0.5) is 9.18 Å². The number of allylic oxidation sites excluding steroid dienone is 5. The van der Waals surface area contributed by atoms with Crippen molar-refractivity contribution >= 4 is 6.03 Å². The third kappa shape index (κ3) is 5.34. The molecule has 2 amide bonds. The van der Waals surface area contributed by atoms with Crippen LogP contribution in [0.5, 0.6) is 0 Å². The lowest BCUT2D eigenvalue weighted by Gasteiger charge is -2.12. The quantitative estimate of drug-likeness (QED) is 0.732. The first-order valence-electron chi connectivity index (χ1n) is 5.32. The molecule has 0 aromatic heterocycles. The molecule has 1 aliphatic carbocycles. The van der Waals surface area contributed by atoms with E-state index in [1.807, 2.05) is 13.8 Å². The van der Waals surface area contributed by atoms with Gasteiger partial charge in [-0.1, -0.05) is 19.9 Å². The van der Waals surface area contributed by atoms with E-state index in [9.17, 15) is 9.18 Å². The Labute approximate surface area is 96.3 Å². The summed E-state index contributed by atoms with van der Waals surface area (Å²) in [4.78, 5) is 12.7. The summed E-state index contributed by atoms with van der Waals surface area (Å²) in [5.41, 5.74) is 0.618. The summed E-state index contributed by atoms with van der Waals surface area (Å²) in [6, 6.07) is -0.219. The van der Waals surface area contributed by atoms with Gasteiger partial charge in [0.25, 0.3) is 0 Å². The second kappa shape index (κ2) is 7.68. The number of carbonyl (C=O) groups excluding carboxylic acids is 1. The number of hydrogen-bond donors (Lipinski definition) is 1. The Morgan fingerprint density at radius 2 is 1.94 bits per heavy atom. The highest BCUT2D eigenvalue weighted by Crippen LogP contribution is 2.09. The van der Waals surface area contributed by atoms with Crippen molar-refractivity contribution in [3.8, 4) is 0 Å². The van der Waals surface area contributed by atoms with Crippen molar-refractivity contribution in [2.24, 2.45) is 0 Å². The van der Waals surface area contributed by atoms with Gasteiger partial charge in [-0.2, -0.15) is 0 Å². The molecule has 0 aromatic carbocycles. The summed E-state index contributed by atoms with van der Waals surface area (Å²) in [6.07, 6.45) is 6.56. The number of amides is 2. The summed E-state index contributed by atoms with van der Waals surface area (Å²) in [5, 5.41) is 2.64. The van der Waals surface area contributed by atoms with Gasteiger partial charge in [0, 0.05) is 19.8 Å². The molecule has 3 nitrogen and oxygen atoms in total. The third-order valence-electron chi connectivity index (χ3n) is 1.73. The first-order chi connectivity index (χ1) is 7.59. The summed E-state index contributed by atoms with van der Waals surface area (Å²) in [5.74, 6) is -0.282. The molecule has 0 bridgehead atoms.